The molecule has 0 radical (unpaired) electrons. The van der Waals surface area contributed by atoms with Gasteiger partial charge in [0.15, 0.2) is 5.78 Å². The topological polar surface area (TPSA) is 70.6 Å². The minimum absolute atomic E-state index is 0. The summed E-state index contributed by atoms with van der Waals surface area (Å²) in [5.74, 6) is -3.70. The molecule has 6 nitrogen and oxygen atoms in total. The largest absolute Gasteiger partial charge is 0.340 e. The first kappa shape index (κ1) is 32.8. The number of alkyl halides is 2. The molecular formula is C39H32ClF2N3O3. The van der Waals surface area contributed by atoms with Crippen LogP contribution in [0.15, 0.2) is 126 Å². The predicted octanol–water partition coefficient (Wildman–Crippen LogP) is 7.30. The lowest BCUT2D eigenvalue weighted by Gasteiger charge is -2.47. The lowest BCUT2D eigenvalue weighted by atomic mass is 9.72. The molecule has 3 aliphatic rings. The number of aryl methyl sites for hydroxylation is 2. The fourth-order valence-corrected chi connectivity index (χ4v) is 7.04. The van der Waals surface area contributed by atoms with Gasteiger partial charge in [0.25, 0.3) is 5.91 Å². The minimum atomic E-state index is -3.96. The molecule has 2 aliphatic heterocycles. The van der Waals surface area contributed by atoms with Gasteiger partial charge >= 0.3 is 5.92 Å². The first-order chi connectivity index (χ1) is 22.8. The number of hydrogen-bond acceptors (Lipinski definition) is 5. The van der Waals surface area contributed by atoms with Crippen molar-refractivity contribution in [2.75, 3.05) is 16.3 Å². The Balaban J connectivity index is 0.00000401. The van der Waals surface area contributed by atoms with Gasteiger partial charge < -0.3 is 4.90 Å². The molecular weight excluding hydrogens is 632 g/mol. The number of carbonyl (C=O) groups is 2. The number of pyridine rings is 1. The van der Waals surface area contributed by atoms with E-state index in [0.29, 0.717) is 35.6 Å². The van der Waals surface area contributed by atoms with Gasteiger partial charge in [0, 0.05) is 35.4 Å². The van der Waals surface area contributed by atoms with Gasteiger partial charge in [-0.15, -0.1) is 12.4 Å². The molecule has 9 heteroatoms. The molecule has 7 rings (SSSR count). The Kier molecular flexibility index (Phi) is 8.97. The number of Topliss-reactive ketones (excluding diaryl/α,β-unsaturated/α-hetero) is 1. The van der Waals surface area contributed by atoms with Crippen LogP contribution < -0.4 is 9.80 Å². The van der Waals surface area contributed by atoms with Crippen LogP contribution in [0.4, 0.5) is 20.2 Å². The fraction of sp³-hybridized carbons (Fsp3) is 0.205. The average molecular weight is 664 g/mol. The Bertz CT molecular complexity index is 2020. The maximum absolute atomic E-state index is 17.5. The maximum atomic E-state index is 17.5. The highest BCUT2D eigenvalue weighted by Gasteiger charge is 2.60. The van der Waals surface area contributed by atoms with Crippen molar-refractivity contribution < 1.29 is 23.2 Å². The van der Waals surface area contributed by atoms with Crippen LogP contribution in [0.3, 0.4) is 0 Å². The van der Waals surface area contributed by atoms with Gasteiger partial charge in [-0.3, -0.25) is 19.5 Å². The van der Waals surface area contributed by atoms with E-state index in [4.69, 9.17) is 0 Å². The van der Waals surface area contributed by atoms with Crippen LogP contribution >= 0.6 is 12.4 Å². The first-order valence-corrected chi connectivity index (χ1v) is 15.7. The van der Waals surface area contributed by atoms with Crippen LogP contribution in [0, 0.1) is 6.92 Å². The highest BCUT2D eigenvalue weighted by Crippen LogP contribution is 2.55. The normalized spacial score (nSPS) is 18.5. The number of ketones is 1. The number of hydrogen-bond donors (Lipinski definition) is 0. The third kappa shape index (κ3) is 5.47. The number of rotatable bonds is 6. The second-order valence-corrected chi connectivity index (χ2v) is 12.0. The molecule has 0 saturated carbocycles. The zero-order chi connectivity index (χ0) is 32.7. The van der Waals surface area contributed by atoms with E-state index >= 15 is 13.6 Å². The van der Waals surface area contributed by atoms with Crippen molar-refractivity contribution in [3.63, 3.8) is 0 Å². The number of para-hydroxylation sites is 2. The molecule has 48 heavy (non-hydrogen) atoms. The van der Waals surface area contributed by atoms with E-state index in [1.807, 2.05) is 37.3 Å². The van der Waals surface area contributed by atoms with Crippen LogP contribution in [0.2, 0.25) is 0 Å². The minimum Gasteiger partial charge on any atom is -0.340 e. The molecule has 1 aliphatic carbocycles. The Morgan fingerprint density at radius 1 is 0.938 bits per heavy atom. The summed E-state index contributed by atoms with van der Waals surface area (Å²) in [6.45, 7) is 2.16. The number of allylic oxidation sites excluding steroid dienone is 2. The quantitative estimate of drug-likeness (QED) is 0.203. The Morgan fingerprint density at radius 2 is 1.69 bits per heavy atom. The Labute approximate surface area is 283 Å². The number of anilines is 2. The third-order valence-electron chi connectivity index (χ3n) is 9.07. The zero-order valence-electron chi connectivity index (χ0n) is 26.2. The average Bonchev–Trinajstić information content (AvgIpc) is 3.30. The summed E-state index contributed by atoms with van der Waals surface area (Å²) in [5.41, 5.74) is 1.63. The summed E-state index contributed by atoms with van der Waals surface area (Å²) in [4.78, 5) is 49.6. The molecule has 242 valence electrons. The second-order valence-electron chi connectivity index (χ2n) is 12.0. The highest BCUT2D eigenvalue weighted by atomic mass is 35.5. The van der Waals surface area contributed by atoms with E-state index in [0.717, 1.165) is 24.0 Å². The summed E-state index contributed by atoms with van der Waals surface area (Å²) < 4.78 is 35.0. The summed E-state index contributed by atoms with van der Waals surface area (Å²) in [6.07, 6.45) is 3.46. The number of carbonyl (C=O) groups excluding carboxylic acids is 3. The summed E-state index contributed by atoms with van der Waals surface area (Å²) in [6, 6.07) is 26.1. The van der Waals surface area contributed by atoms with Gasteiger partial charge in [-0.2, -0.15) is 8.78 Å². The van der Waals surface area contributed by atoms with Crippen molar-refractivity contribution >= 4 is 47.0 Å². The first-order valence-electron chi connectivity index (χ1n) is 15.7. The van der Waals surface area contributed by atoms with E-state index < -0.39 is 34.8 Å². The van der Waals surface area contributed by atoms with E-state index in [1.54, 1.807) is 77.6 Å². The summed E-state index contributed by atoms with van der Waals surface area (Å²) in [5, 5.41) is 0. The van der Waals surface area contributed by atoms with Crippen LogP contribution in [0.25, 0.3) is 5.57 Å². The van der Waals surface area contributed by atoms with Crippen molar-refractivity contribution in [2.24, 2.45) is 0 Å². The molecule has 1 unspecified atom stereocenters. The molecule has 0 saturated heterocycles. The number of amides is 1. The van der Waals surface area contributed by atoms with Crippen molar-refractivity contribution in [2.45, 2.75) is 44.6 Å². The smallest absolute Gasteiger partial charge is 0.310 e. The lowest BCUT2D eigenvalue weighted by molar-refractivity contribution is -0.123. The molecule has 3 aromatic carbocycles. The highest BCUT2D eigenvalue weighted by molar-refractivity contribution is 6.23. The lowest BCUT2D eigenvalue weighted by Crippen LogP contribution is -2.59. The Morgan fingerprint density at radius 3 is 2.42 bits per heavy atom. The molecule has 1 aromatic heterocycles. The molecule has 0 fully saturated rings. The zero-order valence-corrected chi connectivity index (χ0v) is 27.0. The van der Waals surface area contributed by atoms with Crippen molar-refractivity contribution in [3.8, 4) is 0 Å². The van der Waals surface area contributed by atoms with Crippen LogP contribution in [0.5, 0.6) is 0 Å². The SMILES string of the molecule is Cc1cccc(C2=C3C(=O)N(c4ccccc4)C(C(=O)Cc4ccccn4)C(=C3N3CCCCc4ccccc43)C(F)(F)C2=C=O)c1.Cl. The molecule has 3 heterocycles. The third-order valence-corrected chi connectivity index (χ3v) is 9.07. The van der Waals surface area contributed by atoms with Crippen molar-refractivity contribution in [3.05, 3.63) is 148 Å². The maximum Gasteiger partial charge on any atom is 0.310 e. The number of nitrogens with zero attached hydrogens (tertiary/aromatic N) is 3. The van der Waals surface area contributed by atoms with Gasteiger partial charge in [0.05, 0.1) is 23.3 Å². The summed E-state index contributed by atoms with van der Waals surface area (Å²) >= 11 is 0. The molecule has 4 aromatic rings. The molecule has 2 bridgehead atoms. The molecule has 0 spiro atoms. The standard InChI is InChI=1S/C39H31F2N3O3.ClH/c1-25-12-11-15-27(22-25)33-30(24-45)39(40,41)35-36(32(46)23-28-16-7-9-20-42-28)44(29-17-3-2-4-18-29)38(47)34(33)37(35)43-21-10-8-14-26-13-5-6-19-31(26)43;/h2-7,9,11-13,15-20,22,36H,8,10,14,21,23H2,1H3;1H. The van der Waals surface area contributed by atoms with Crippen LogP contribution in [0.1, 0.15) is 35.2 Å². The number of aromatic nitrogens is 1. The number of fused-ring (bicyclic) bond motifs is 2. The monoisotopic (exact) mass is 663 g/mol. The second kappa shape index (κ2) is 13.1. The van der Waals surface area contributed by atoms with Crippen LogP contribution in [-0.2, 0) is 27.2 Å². The van der Waals surface area contributed by atoms with Gasteiger partial charge in [0.1, 0.15) is 17.6 Å². The van der Waals surface area contributed by atoms with E-state index in [2.05, 4.69) is 4.98 Å². The molecule has 0 N–H and O–H groups in total. The van der Waals surface area contributed by atoms with E-state index in [-0.39, 0.29) is 35.7 Å². The fourth-order valence-electron chi connectivity index (χ4n) is 7.04. The molecule has 1 amide bonds. The number of benzene rings is 3. The van der Waals surface area contributed by atoms with Gasteiger partial charge in [-0.1, -0.05) is 72.3 Å². The number of halogens is 3. The van der Waals surface area contributed by atoms with Gasteiger partial charge in [-0.05, 0) is 67.6 Å². The Hall–Kier alpha value is -5.17. The van der Waals surface area contributed by atoms with Gasteiger partial charge in [0.2, 0.25) is 0 Å². The molecule has 1 atom stereocenters. The predicted molar refractivity (Wildman–Crippen MR) is 184 cm³/mol. The summed E-state index contributed by atoms with van der Waals surface area (Å²) in [7, 11) is 0. The van der Waals surface area contributed by atoms with Gasteiger partial charge in [-0.25, -0.2) is 4.79 Å². The van der Waals surface area contributed by atoms with Crippen molar-refractivity contribution in [1.82, 2.24) is 4.98 Å². The van der Waals surface area contributed by atoms with E-state index in [1.165, 1.54) is 11.1 Å². The van der Waals surface area contributed by atoms with E-state index in [9.17, 15) is 9.59 Å². The van der Waals surface area contributed by atoms with Crippen molar-refractivity contribution in [1.29, 1.82) is 0 Å². The van der Waals surface area contributed by atoms with Crippen LogP contribution in [-0.4, -0.2) is 41.1 Å².